The molecule has 0 fully saturated rings. The summed E-state index contributed by atoms with van der Waals surface area (Å²) in [5.74, 6) is 1.45. The van der Waals surface area contributed by atoms with Gasteiger partial charge in [-0.1, -0.05) is 32.0 Å². The third kappa shape index (κ3) is 3.02. The van der Waals surface area contributed by atoms with Crippen molar-refractivity contribution in [2.45, 2.75) is 33.1 Å². The second kappa shape index (κ2) is 6.09. The number of rotatable bonds is 4. The van der Waals surface area contributed by atoms with Crippen LogP contribution in [0.5, 0.6) is 11.6 Å². The van der Waals surface area contributed by atoms with Crippen LogP contribution in [0.4, 0.5) is 5.69 Å². The lowest BCUT2D eigenvalue weighted by Crippen LogP contribution is -2.03. The standard InChI is InChI=1S/C15H18ClN3O/c1-4-9(2)11-7-5-6-8-12(11)20-14-13(17)10(3)18-15(16)19-14/h5-9H,4,17H2,1-3H3. The highest BCUT2D eigenvalue weighted by molar-refractivity contribution is 6.28. The smallest absolute Gasteiger partial charge is 0.247 e. The van der Waals surface area contributed by atoms with Gasteiger partial charge in [-0.3, -0.25) is 0 Å². The molecular weight excluding hydrogens is 274 g/mol. The number of aryl methyl sites for hydroxylation is 1. The molecule has 2 aromatic rings. The topological polar surface area (TPSA) is 61.0 Å². The number of nitrogen functional groups attached to an aromatic ring is 1. The largest absolute Gasteiger partial charge is 0.437 e. The van der Waals surface area contributed by atoms with E-state index < -0.39 is 0 Å². The van der Waals surface area contributed by atoms with Gasteiger partial charge in [0.1, 0.15) is 11.4 Å². The number of ether oxygens (including phenoxy) is 1. The Bertz CT molecular complexity index is 616. The lowest BCUT2D eigenvalue weighted by Gasteiger charge is -2.16. The van der Waals surface area contributed by atoms with Crippen LogP contribution in [0.2, 0.25) is 5.28 Å². The molecule has 0 saturated carbocycles. The quantitative estimate of drug-likeness (QED) is 0.852. The van der Waals surface area contributed by atoms with Gasteiger partial charge in [-0.25, -0.2) is 4.98 Å². The first-order valence-electron chi connectivity index (χ1n) is 6.59. The number of para-hydroxylation sites is 1. The van der Waals surface area contributed by atoms with E-state index in [0.29, 0.717) is 23.2 Å². The molecule has 0 aliphatic heterocycles. The predicted octanol–water partition coefficient (Wildman–Crippen LogP) is 4.33. The molecule has 2 rings (SSSR count). The summed E-state index contributed by atoms with van der Waals surface area (Å²) in [5, 5.41) is 0.132. The highest BCUT2D eigenvalue weighted by atomic mass is 35.5. The maximum absolute atomic E-state index is 5.95. The summed E-state index contributed by atoms with van der Waals surface area (Å²) in [4.78, 5) is 8.06. The molecule has 0 saturated heterocycles. The van der Waals surface area contributed by atoms with Crippen molar-refractivity contribution < 1.29 is 4.74 Å². The number of benzene rings is 1. The number of hydrogen-bond acceptors (Lipinski definition) is 4. The lowest BCUT2D eigenvalue weighted by molar-refractivity contribution is 0.453. The second-order valence-electron chi connectivity index (χ2n) is 4.75. The van der Waals surface area contributed by atoms with Gasteiger partial charge in [0.25, 0.3) is 0 Å². The van der Waals surface area contributed by atoms with E-state index in [1.54, 1.807) is 6.92 Å². The number of nitrogens with two attached hydrogens (primary N) is 1. The molecule has 1 unspecified atom stereocenters. The molecule has 0 aliphatic rings. The Hall–Kier alpha value is -1.81. The van der Waals surface area contributed by atoms with Gasteiger partial charge in [0.2, 0.25) is 11.2 Å². The molecule has 0 spiro atoms. The van der Waals surface area contributed by atoms with Crippen LogP contribution in [0.1, 0.15) is 37.4 Å². The fourth-order valence-corrected chi connectivity index (χ4v) is 2.11. The Morgan fingerprint density at radius 3 is 2.70 bits per heavy atom. The van der Waals surface area contributed by atoms with Crippen molar-refractivity contribution in [2.75, 3.05) is 5.73 Å². The highest BCUT2D eigenvalue weighted by Crippen LogP contribution is 2.34. The van der Waals surface area contributed by atoms with Crippen LogP contribution < -0.4 is 10.5 Å². The lowest BCUT2D eigenvalue weighted by atomic mass is 9.98. The Morgan fingerprint density at radius 1 is 1.30 bits per heavy atom. The van der Waals surface area contributed by atoms with Crippen molar-refractivity contribution in [3.05, 3.63) is 40.8 Å². The molecule has 1 aromatic carbocycles. The number of hydrogen-bond donors (Lipinski definition) is 1. The molecule has 5 heteroatoms. The molecule has 106 valence electrons. The van der Waals surface area contributed by atoms with Gasteiger partial charge in [-0.15, -0.1) is 0 Å². The minimum Gasteiger partial charge on any atom is -0.437 e. The summed E-state index contributed by atoms with van der Waals surface area (Å²) in [6.45, 7) is 6.07. The number of nitrogens with zero attached hydrogens (tertiary/aromatic N) is 2. The normalized spacial score (nSPS) is 12.2. The second-order valence-corrected chi connectivity index (χ2v) is 5.08. The minimum absolute atomic E-state index is 0.132. The van der Waals surface area contributed by atoms with Gasteiger partial charge in [-0.05, 0) is 42.5 Å². The van der Waals surface area contributed by atoms with E-state index in [9.17, 15) is 0 Å². The zero-order valence-electron chi connectivity index (χ0n) is 11.9. The van der Waals surface area contributed by atoms with Crippen LogP contribution in [0, 0.1) is 6.92 Å². The van der Waals surface area contributed by atoms with Gasteiger partial charge in [0.05, 0.1) is 5.69 Å². The fourth-order valence-electron chi connectivity index (χ4n) is 1.90. The van der Waals surface area contributed by atoms with Gasteiger partial charge in [0, 0.05) is 0 Å². The van der Waals surface area contributed by atoms with E-state index in [4.69, 9.17) is 22.1 Å². The van der Waals surface area contributed by atoms with Crippen molar-refractivity contribution in [1.82, 2.24) is 9.97 Å². The molecule has 1 atom stereocenters. The summed E-state index contributed by atoms with van der Waals surface area (Å²) < 4.78 is 5.86. The maximum atomic E-state index is 5.95. The fraction of sp³-hybridized carbons (Fsp3) is 0.333. The summed E-state index contributed by atoms with van der Waals surface area (Å²) in [7, 11) is 0. The van der Waals surface area contributed by atoms with E-state index in [2.05, 4.69) is 29.9 Å². The van der Waals surface area contributed by atoms with E-state index in [1.165, 1.54) is 0 Å². The zero-order valence-corrected chi connectivity index (χ0v) is 12.6. The van der Waals surface area contributed by atoms with Crippen LogP contribution in [-0.4, -0.2) is 9.97 Å². The molecule has 0 aliphatic carbocycles. The van der Waals surface area contributed by atoms with E-state index >= 15 is 0 Å². The molecule has 0 radical (unpaired) electrons. The van der Waals surface area contributed by atoms with Crippen LogP contribution in [-0.2, 0) is 0 Å². The van der Waals surface area contributed by atoms with Gasteiger partial charge >= 0.3 is 0 Å². The van der Waals surface area contributed by atoms with Crippen molar-refractivity contribution in [3.8, 4) is 11.6 Å². The Balaban J connectivity index is 2.40. The number of anilines is 1. The van der Waals surface area contributed by atoms with Crippen molar-refractivity contribution >= 4 is 17.3 Å². The summed E-state index contributed by atoms with van der Waals surface area (Å²) in [6, 6.07) is 7.88. The van der Waals surface area contributed by atoms with Crippen molar-refractivity contribution in [2.24, 2.45) is 0 Å². The molecule has 0 amide bonds. The highest BCUT2D eigenvalue weighted by Gasteiger charge is 2.14. The Labute approximate surface area is 124 Å². The summed E-state index contributed by atoms with van der Waals surface area (Å²) >= 11 is 5.86. The van der Waals surface area contributed by atoms with E-state index in [1.807, 2.05) is 18.2 Å². The van der Waals surface area contributed by atoms with Gasteiger partial charge in [0.15, 0.2) is 0 Å². The van der Waals surface area contributed by atoms with E-state index in [0.717, 1.165) is 17.7 Å². The average Bonchev–Trinajstić information content (AvgIpc) is 2.44. The molecule has 20 heavy (non-hydrogen) atoms. The first-order chi connectivity index (χ1) is 9.52. The average molecular weight is 292 g/mol. The maximum Gasteiger partial charge on any atom is 0.247 e. The van der Waals surface area contributed by atoms with Crippen molar-refractivity contribution in [3.63, 3.8) is 0 Å². The molecule has 1 heterocycles. The van der Waals surface area contributed by atoms with Crippen LogP contribution >= 0.6 is 11.6 Å². The third-order valence-electron chi connectivity index (χ3n) is 3.34. The number of aromatic nitrogens is 2. The SMILES string of the molecule is CCC(C)c1ccccc1Oc1nc(Cl)nc(C)c1N. The van der Waals surface area contributed by atoms with Crippen LogP contribution in [0.25, 0.3) is 0 Å². The van der Waals surface area contributed by atoms with Crippen molar-refractivity contribution in [1.29, 1.82) is 0 Å². The molecule has 1 aromatic heterocycles. The predicted molar refractivity (Wildman–Crippen MR) is 81.4 cm³/mol. The summed E-state index contributed by atoms with van der Waals surface area (Å²) in [6.07, 6.45) is 1.03. The monoisotopic (exact) mass is 291 g/mol. The first-order valence-corrected chi connectivity index (χ1v) is 6.97. The van der Waals surface area contributed by atoms with E-state index in [-0.39, 0.29) is 5.28 Å². The van der Waals surface area contributed by atoms with Gasteiger partial charge < -0.3 is 10.5 Å². The molecule has 2 N–H and O–H groups in total. The molecule has 4 nitrogen and oxygen atoms in total. The molecule has 0 bridgehead atoms. The van der Waals surface area contributed by atoms with Gasteiger partial charge in [-0.2, -0.15) is 4.98 Å². The van der Waals surface area contributed by atoms with Crippen LogP contribution in [0.3, 0.4) is 0 Å². The number of halogens is 1. The zero-order chi connectivity index (χ0) is 14.7. The first kappa shape index (κ1) is 14.6. The Morgan fingerprint density at radius 2 is 2.00 bits per heavy atom. The molecular formula is C15H18ClN3O. The Kier molecular flexibility index (Phi) is 4.45. The minimum atomic E-state index is 0.132. The van der Waals surface area contributed by atoms with Crippen LogP contribution in [0.15, 0.2) is 24.3 Å². The third-order valence-corrected chi connectivity index (χ3v) is 3.51. The summed E-state index contributed by atoms with van der Waals surface area (Å²) in [5.41, 5.74) is 8.10.